The highest BCUT2D eigenvalue weighted by Crippen LogP contribution is 2.35. The number of carbonyl (C=O) groups excluding carboxylic acids is 2. The molecule has 1 atom stereocenters. The van der Waals surface area contributed by atoms with Crippen molar-refractivity contribution in [2.45, 2.75) is 18.9 Å². The first kappa shape index (κ1) is 19.2. The van der Waals surface area contributed by atoms with Crippen molar-refractivity contribution in [3.8, 4) is 0 Å². The summed E-state index contributed by atoms with van der Waals surface area (Å²) in [6, 6.07) is 10.3. The lowest BCUT2D eigenvalue weighted by Gasteiger charge is -2.30. The molecule has 7 nitrogen and oxygen atoms in total. The Balaban J connectivity index is 1.70. The zero-order valence-corrected chi connectivity index (χ0v) is 16.1. The zero-order chi connectivity index (χ0) is 19.4. The summed E-state index contributed by atoms with van der Waals surface area (Å²) in [4.78, 5) is 32.7. The number of nitrogens with zero attached hydrogens (tertiary/aromatic N) is 2. The number of pyridine rings is 1. The molecule has 1 aliphatic heterocycles. The van der Waals surface area contributed by atoms with E-state index in [9.17, 15) is 9.59 Å². The predicted octanol–water partition coefficient (Wildman–Crippen LogP) is 2.98. The molecule has 9 heteroatoms. The molecule has 0 fully saturated rings. The Kier molecular flexibility index (Phi) is 5.67. The van der Waals surface area contributed by atoms with Gasteiger partial charge < -0.3 is 16.4 Å². The summed E-state index contributed by atoms with van der Waals surface area (Å²) in [6.45, 7) is 2.00. The second-order valence-electron chi connectivity index (χ2n) is 6.17. The van der Waals surface area contributed by atoms with Gasteiger partial charge in [0.15, 0.2) is 5.17 Å². The summed E-state index contributed by atoms with van der Waals surface area (Å²) in [5.41, 5.74) is 6.84. The van der Waals surface area contributed by atoms with E-state index in [4.69, 9.17) is 17.3 Å². The van der Waals surface area contributed by atoms with Crippen LogP contribution in [0.1, 0.15) is 18.9 Å². The van der Waals surface area contributed by atoms with Crippen molar-refractivity contribution in [3.05, 3.63) is 53.2 Å². The van der Waals surface area contributed by atoms with E-state index in [0.29, 0.717) is 15.9 Å². The van der Waals surface area contributed by atoms with Crippen molar-refractivity contribution in [3.63, 3.8) is 0 Å². The fourth-order valence-corrected chi connectivity index (χ4v) is 3.72. The van der Waals surface area contributed by atoms with Crippen LogP contribution in [0.15, 0.2) is 47.6 Å². The number of carbonyl (C=O) groups is 2. The molecule has 0 spiro atoms. The van der Waals surface area contributed by atoms with Gasteiger partial charge in [0, 0.05) is 17.6 Å². The van der Waals surface area contributed by atoms with Crippen LogP contribution in [0.25, 0.3) is 0 Å². The smallest absolute Gasteiger partial charge is 0.315 e. The zero-order valence-electron chi connectivity index (χ0n) is 14.5. The minimum absolute atomic E-state index is 0.241. The lowest BCUT2D eigenvalue weighted by Crippen LogP contribution is -2.30. The summed E-state index contributed by atoms with van der Waals surface area (Å²) in [5.74, 6) is -0.502. The third-order valence-corrected chi connectivity index (χ3v) is 5.13. The molecule has 2 amide bonds. The maximum absolute atomic E-state index is 12.2. The number of hydrogen-bond donors (Lipinski definition) is 3. The van der Waals surface area contributed by atoms with E-state index in [1.54, 1.807) is 18.2 Å². The molecule has 4 N–H and O–H groups in total. The Morgan fingerprint density at radius 2 is 2.00 bits per heavy atom. The van der Waals surface area contributed by atoms with Crippen LogP contribution in [0.2, 0.25) is 5.02 Å². The summed E-state index contributed by atoms with van der Waals surface area (Å²) in [7, 11) is 0. The topological polar surface area (TPSA) is 109 Å². The number of nitrogens with one attached hydrogen (secondary N) is 2. The standard InChI is InChI=1S/C18H18ClN5O2S/c1-18(7-8-27-17(20)24-18)11-3-2-4-13(9-11)22-15(25)16(26)23-14-6-5-12(19)10-21-14/h2-6,9-10H,7-8H2,1H3,(H2,20,24)(H,22,25)(H,21,23,26). The average molecular weight is 404 g/mol. The van der Waals surface area contributed by atoms with Gasteiger partial charge >= 0.3 is 11.8 Å². The van der Waals surface area contributed by atoms with Gasteiger partial charge in [-0.25, -0.2) is 4.98 Å². The number of aromatic nitrogens is 1. The van der Waals surface area contributed by atoms with Gasteiger partial charge in [-0.1, -0.05) is 35.5 Å². The number of anilines is 2. The molecule has 27 heavy (non-hydrogen) atoms. The van der Waals surface area contributed by atoms with Gasteiger partial charge in [0.1, 0.15) is 5.82 Å². The molecule has 3 rings (SSSR count). The normalized spacial score (nSPS) is 19.1. The Morgan fingerprint density at radius 3 is 2.70 bits per heavy atom. The molecular weight excluding hydrogens is 386 g/mol. The highest BCUT2D eigenvalue weighted by molar-refractivity contribution is 8.13. The second-order valence-corrected chi connectivity index (χ2v) is 7.72. The molecule has 0 radical (unpaired) electrons. The predicted molar refractivity (Wildman–Crippen MR) is 109 cm³/mol. The fraction of sp³-hybridized carbons (Fsp3) is 0.222. The molecule has 1 aromatic carbocycles. The molecule has 2 aromatic rings. The number of aliphatic imine (C=N–C) groups is 1. The maximum atomic E-state index is 12.2. The monoisotopic (exact) mass is 403 g/mol. The quantitative estimate of drug-likeness (QED) is 0.682. The van der Waals surface area contributed by atoms with E-state index in [-0.39, 0.29) is 5.82 Å². The number of halogens is 1. The number of nitrogens with two attached hydrogens (primary N) is 1. The number of thioether (sulfide) groups is 1. The third-order valence-electron chi connectivity index (χ3n) is 4.11. The van der Waals surface area contributed by atoms with Gasteiger partial charge in [-0.3, -0.25) is 14.6 Å². The molecule has 0 bridgehead atoms. The lowest BCUT2D eigenvalue weighted by atomic mass is 9.89. The van der Waals surface area contributed by atoms with Crippen LogP contribution in [0.4, 0.5) is 11.5 Å². The Bertz CT molecular complexity index is 903. The molecule has 0 saturated heterocycles. The van der Waals surface area contributed by atoms with Crippen molar-refractivity contribution in [1.82, 2.24) is 4.98 Å². The summed E-state index contributed by atoms with van der Waals surface area (Å²) >= 11 is 7.27. The van der Waals surface area contributed by atoms with Crippen molar-refractivity contribution in [2.75, 3.05) is 16.4 Å². The van der Waals surface area contributed by atoms with E-state index in [2.05, 4.69) is 20.6 Å². The first-order valence-electron chi connectivity index (χ1n) is 8.18. The Labute approximate surface area is 165 Å². The van der Waals surface area contributed by atoms with Crippen molar-refractivity contribution < 1.29 is 9.59 Å². The van der Waals surface area contributed by atoms with Gasteiger partial charge in [-0.05, 0) is 43.2 Å². The number of amides is 2. The lowest BCUT2D eigenvalue weighted by molar-refractivity contribution is -0.133. The molecule has 1 aromatic heterocycles. The molecule has 0 aliphatic carbocycles. The van der Waals surface area contributed by atoms with Crippen molar-refractivity contribution in [2.24, 2.45) is 10.7 Å². The van der Waals surface area contributed by atoms with Crippen LogP contribution < -0.4 is 16.4 Å². The van der Waals surface area contributed by atoms with E-state index in [1.165, 1.54) is 24.0 Å². The number of amidine groups is 1. The van der Waals surface area contributed by atoms with Crippen molar-refractivity contribution >= 4 is 51.9 Å². The van der Waals surface area contributed by atoms with Crippen LogP contribution >= 0.6 is 23.4 Å². The SMILES string of the molecule is CC1(c2cccc(NC(=O)C(=O)Nc3ccc(Cl)cn3)c2)CCSC(N)=N1. The molecule has 1 aliphatic rings. The number of benzene rings is 1. The van der Waals surface area contributed by atoms with E-state index in [0.717, 1.165) is 17.7 Å². The van der Waals surface area contributed by atoms with Crippen LogP contribution in [-0.2, 0) is 15.1 Å². The minimum atomic E-state index is -0.822. The first-order chi connectivity index (χ1) is 12.9. The molecular formula is C18H18ClN5O2S. The second kappa shape index (κ2) is 7.98. The van der Waals surface area contributed by atoms with E-state index in [1.807, 2.05) is 19.1 Å². The van der Waals surface area contributed by atoms with E-state index >= 15 is 0 Å². The molecule has 0 saturated carbocycles. The van der Waals surface area contributed by atoms with Crippen LogP contribution in [0.5, 0.6) is 0 Å². The molecule has 2 heterocycles. The van der Waals surface area contributed by atoms with Crippen molar-refractivity contribution in [1.29, 1.82) is 0 Å². The van der Waals surface area contributed by atoms with Crippen LogP contribution in [0.3, 0.4) is 0 Å². The highest BCUT2D eigenvalue weighted by Gasteiger charge is 2.29. The number of hydrogen-bond acceptors (Lipinski definition) is 6. The third kappa shape index (κ3) is 4.78. The van der Waals surface area contributed by atoms with Gasteiger partial charge in [-0.15, -0.1) is 0 Å². The van der Waals surface area contributed by atoms with Crippen LogP contribution in [0, 0.1) is 0 Å². The van der Waals surface area contributed by atoms with Gasteiger partial charge in [-0.2, -0.15) is 0 Å². The Morgan fingerprint density at radius 1 is 1.22 bits per heavy atom. The largest absolute Gasteiger partial charge is 0.379 e. The Hall–Kier alpha value is -2.58. The maximum Gasteiger partial charge on any atom is 0.315 e. The summed E-state index contributed by atoms with van der Waals surface area (Å²) in [5, 5.41) is 6.00. The fourth-order valence-electron chi connectivity index (χ4n) is 2.64. The highest BCUT2D eigenvalue weighted by atomic mass is 35.5. The average Bonchev–Trinajstić information content (AvgIpc) is 2.63. The number of rotatable bonds is 3. The summed E-state index contributed by atoms with van der Waals surface area (Å²) in [6.07, 6.45) is 2.21. The van der Waals surface area contributed by atoms with Crippen LogP contribution in [-0.4, -0.2) is 27.7 Å². The molecule has 140 valence electrons. The van der Waals surface area contributed by atoms with Gasteiger partial charge in [0.2, 0.25) is 0 Å². The van der Waals surface area contributed by atoms with Gasteiger partial charge in [0.25, 0.3) is 0 Å². The molecule has 1 unspecified atom stereocenters. The van der Waals surface area contributed by atoms with Gasteiger partial charge in [0.05, 0.1) is 10.6 Å². The minimum Gasteiger partial charge on any atom is -0.379 e. The summed E-state index contributed by atoms with van der Waals surface area (Å²) < 4.78 is 0. The first-order valence-corrected chi connectivity index (χ1v) is 9.55. The van der Waals surface area contributed by atoms with E-state index < -0.39 is 17.4 Å².